The van der Waals surface area contributed by atoms with Gasteiger partial charge in [-0.3, -0.25) is 19.2 Å². The third-order valence-electron chi connectivity index (χ3n) is 7.08. The van der Waals surface area contributed by atoms with Gasteiger partial charge in [-0.15, -0.1) is 0 Å². The predicted molar refractivity (Wildman–Crippen MR) is 183 cm³/mol. The van der Waals surface area contributed by atoms with Crippen LogP contribution in [0, 0.1) is 5.92 Å². The molecule has 0 aliphatic heterocycles. The minimum absolute atomic E-state index is 0.0385. The summed E-state index contributed by atoms with van der Waals surface area (Å²) in [5.41, 5.74) is 2.37. The molecule has 2 atom stereocenters. The standard InChI is InChI=1S/C34H43N5O6.C2H6/c1-4-36-34(45)31(22(2)3)39-30(42)21-35-20-27(17-23-9-6-5-7-10-23)38-33(44)26-12-8-11-25(19-26)32(43)37-16-15-24-13-14-28(40)29(41)18-24;1-2/h5-14,18-19,22,27,31,35,40-41H,4,15-17,20-21H2,1-3H3,(H,36,45)(H,37,43)(H,38,44)(H,39,42);1-2H3. The van der Waals surface area contributed by atoms with Crippen LogP contribution in [0.15, 0.2) is 72.8 Å². The van der Waals surface area contributed by atoms with E-state index in [1.165, 1.54) is 18.2 Å². The number of hydrogen-bond donors (Lipinski definition) is 7. The summed E-state index contributed by atoms with van der Waals surface area (Å²) in [5.74, 6) is -1.80. The van der Waals surface area contributed by atoms with E-state index in [4.69, 9.17) is 0 Å². The lowest BCUT2D eigenvalue weighted by atomic mass is 10.0. The number of phenols is 2. The molecule has 11 heteroatoms. The molecule has 3 rings (SSSR count). The van der Waals surface area contributed by atoms with Crippen molar-refractivity contribution in [2.75, 3.05) is 26.2 Å². The van der Waals surface area contributed by atoms with Gasteiger partial charge in [-0.05, 0) is 67.1 Å². The van der Waals surface area contributed by atoms with Crippen molar-refractivity contribution in [3.05, 3.63) is 95.1 Å². The van der Waals surface area contributed by atoms with Crippen LogP contribution in [0.4, 0.5) is 0 Å². The number of hydrogen-bond acceptors (Lipinski definition) is 7. The van der Waals surface area contributed by atoms with Crippen LogP contribution >= 0.6 is 0 Å². The smallest absolute Gasteiger partial charge is 0.251 e. The molecule has 3 aromatic carbocycles. The quantitative estimate of drug-likeness (QED) is 0.117. The molecule has 3 aromatic rings. The topological polar surface area (TPSA) is 169 Å². The molecule has 0 saturated carbocycles. The zero-order valence-corrected chi connectivity index (χ0v) is 27.9. The van der Waals surface area contributed by atoms with E-state index in [0.717, 1.165) is 11.1 Å². The van der Waals surface area contributed by atoms with E-state index in [9.17, 15) is 29.4 Å². The number of aromatic hydroxyl groups is 2. The average Bonchev–Trinajstić information content (AvgIpc) is 3.06. The van der Waals surface area contributed by atoms with Gasteiger partial charge in [0.25, 0.3) is 11.8 Å². The predicted octanol–water partition coefficient (Wildman–Crippen LogP) is 3.30. The lowest BCUT2D eigenvalue weighted by Crippen LogP contribution is -2.52. The maximum atomic E-state index is 13.3. The first-order valence-electron chi connectivity index (χ1n) is 16.1. The fourth-order valence-corrected chi connectivity index (χ4v) is 4.69. The fourth-order valence-electron chi connectivity index (χ4n) is 4.69. The van der Waals surface area contributed by atoms with Crippen LogP contribution in [-0.2, 0) is 22.4 Å². The van der Waals surface area contributed by atoms with Crippen LogP contribution < -0.4 is 26.6 Å². The number of phenolic OH excluding ortho intramolecular Hbond substituents is 2. The number of nitrogens with one attached hydrogen (secondary N) is 5. The van der Waals surface area contributed by atoms with Crippen LogP contribution in [0.5, 0.6) is 11.5 Å². The van der Waals surface area contributed by atoms with Gasteiger partial charge in [-0.25, -0.2) is 0 Å². The van der Waals surface area contributed by atoms with Crippen molar-refractivity contribution in [2.45, 2.75) is 59.5 Å². The summed E-state index contributed by atoms with van der Waals surface area (Å²) in [7, 11) is 0. The van der Waals surface area contributed by atoms with Gasteiger partial charge in [-0.2, -0.15) is 0 Å². The first-order valence-corrected chi connectivity index (χ1v) is 16.1. The Kier molecular flexibility index (Phi) is 16.5. The highest BCUT2D eigenvalue weighted by Crippen LogP contribution is 2.24. The SMILES string of the molecule is CC.CCNC(=O)C(NC(=O)CNCC(Cc1ccccc1)NC(=O)c1cccc(C(=O)NCCc2ccc(O)c(O)c2)c1)C(C)C. The second kappa shape index (κ2) is 20.3. The average molecular weight is 648 g/mol. The Morgan fingerprint density at radius 2 is 1.43 bits per heavy atom. The van der Waals surface area contributed by atoms with Gasteiger partial charge in [0, 0.05) is 36.8 Å². The molecule has 0 bridgehead atoms. The molecule has 4 amide bonds. The number of carbonyl (C=O) groups is 4. The lowest BCUT2D eigenvalue weighted by molar-refractivity contribution is -0.129. The first-order chi connectivity index (χ1) is 22.6. The van der Waals surface area contributed by atoms with Gasteiger partial charge in [0.05, 0.1) is 6.54 Å². The lowest BCUT2D eigenvalue weighted by Gasteiger charge is -2.23. The molecule has 47 heavy (non-hydrogen) atoms. The van der Waals surface area contributed by atoms with Crippen molar-refractivity contribution in [1.29, 1.82) is 0 Å². The van der Waals surface area contributed by atoms with Crippen molar-refractivity contribution in [3.63, 3.8) is 0 Å². The maximum absolute atomic E-state index is 13.3. The van der Waals surface area contributed by atoms with Crippen molar-refractivity contribution in [1.82, 2.24) is 26.6 Å². The van der Waals surface area contributed by atoms with Gasteiger partial charge in [0.1, 0.15) is 6.04 Å². The number of carbonyl (C=O) groups excluding carboxylic acids is 4. The van der Waals surface area contributed by atoms with E-state index < -0.39 is 6.04 Å². The third kappa shape index (κ3) is 13.2. The monoisotopic (exact) mass is 647 g/mol. The second-order valence-corrected chi connectivity index (χ2v) is 11.1. The summed E-state index contributed by atoms with van der Waals surface area (Å²) >= 11 is 0. The van der Waals surface area contributed by atoms with E-state index in [0.29, 0.717) is 37.1 Å². The second-order valence-electron chi connectivity index (χ2n) is 11.1. The van der Waals surface area contributed by atoms with Crippen molar-refractivity contribution < 1.29 is 29.4 Å². The summed E-state index contributed by atoms with van der Waals surface area (Å²) in [6.07, 6.45) is 0.942. The molecule has 0 fully saturated rings. The number of likely N-dealkylation sites (N-methyl/N-ethyl adjacent to an activating group) is 1. The molecule has 254 valence electrons. The van der Waals surface area contributed by atoms with Crippen LogP contribution in [0.2, 0.25) is 0 Å². The van der Waals surface area contributed by atoms with Crippen molar-refractivity contribution >= 4 is 23.6 Å². The van der Waals surface area contributed by atoms with E-state index in [2.05, 4.69) is 26.6 Å². The van der Waals surface area contributed by atoms with Crippen LogP contribution in [-0.4, -0.2) is 72.1 Å². The Balaban J connectivity index is 0.00000376. The van der Waals surface area contributed by atoms with E-state index in [1.54, 1.807) is 24.3 Å². The van der Waals surface area contributed by atoms with E-state index in [-0.39, 0.29) is 60.2 Å². The molecular weight excluding hydrogens is 598 g/mol. The molecule has 2 unspecified atom stereocenters. The molecule has 0 aliphatic rings. The zero-order valence-electron chi connectivity index (χ0n) is 27.9. The highest BCUT2D eigenvalue weighted by Gasteiger charge is 2.24. The molecule has 0 aliphatic carbocycles. The van der Waals surface area contributed by atoms with Gasteiger partial charge < -0.3 is 36.8 Å². The van der Waals surface area contributed by atoms with Crippen molar-refractivity contribution in [2.24, 2.45) is 5.92 Å². The van der Waals surface area contributed by atoms with Gasteiger partial charge in [0.15, 0.2) is 11.5 Å². The van der Waals surface area contributed by atoms with Gasteiger partial charge in [0.2, 0.25) is 11.8 Å². The number of rotatable bonds is 16. The Morgan fingerprint density at radius 3 is 2.06 bits per heavy atom. The summed E-state index contributed by atoms with van der Waals surface area (Å²) in [5, 5.41) is 33.6. The normalized spacial score (nSPS) is 11.8. The van der Waals surface area contributed by atoms with Crippen molar-refractivity contribution in [3.8, 4) is 11.5 Å². The minimum atomic E-state index is -0.648. The zero-order chi connectivity index (χ0) is 34.8. The molecule has 7 N–H and O–H groups in total. The number of benzene rings is 3. The van der Waals surface area contributed by atoms with Crippen LogP contribution in [0.3, 0.4) is 0 Å². The minimum Gasteiger partial charge on any atom is -0.504 e. The Hall–Kier alpha value is -4.90. The number of amides is 4. The Bertz CT molecular complexity index is 1450. The molecule has 0 radical (unpaired) electrons. The van der Waals surface area contributed by atoms with Gasteiger partial charge >= 0.3 is 0 Å². The maximum Gasteiger partial charge on any atom is 0.251 e. The summed E-state index contributed by atoms with van der Waals surface area (Å²) in [6.45, 7) is 10.6. The fraction of sp³-hybridized carbons (Fsp3) is 0.389. The molecule has 11 nitrogen and oxygen atoms in total. The highest BCUT2D eigenvalue weighted by molar-refractivity contribution is 5.99. The molecule has 0 heterocycles. The highest BCUT2D eigenvalue weighted by atomic mass is 16.3. The summed E-state index contributed by atoms with van der Waals surface area (Å²) in [6, 6.07) is 19.5. The summed E-state index contributed by atoms with van der Waals surface area (Å²) in [4.78, 5) is 51.0. The molecule has 0 aromatic heterocycles. The molecule has 0 saturated heterocycles. The van der Waals surface area contributed by atoms with E-state index >= 15 is 0 Å². The molecular formula is C36H49N5O6. The van der Waals surface area contributed by atoms with E-state index in [1.807, 2.05) is 65.0 Å². The van der Waals surface area contributed by atoms with Crippen LogP contribution in [0.1, 0.15) is 66.5 Å². The van der Waals surface area contributed by atoms with Crippen LogP contribution in [0.25, 0.3) is 0 Å². The Labute approximate surface area is 277 Å². The third-order valence-corrected chi connectivity index (χ3v) is 7.08. The van der Waals surface area contributed by atoms with Gasteiger partial charge in [-0.1, -0.05) is 70.2 Å². The first kappa shape index (κ1) is 38.3. The summed E-state index contributed by atoms with van der Waals surface area (Å²) < 4.78 is 0. The molecule has 0 spiro atoms. The largest absolute Gasteiger partial charge is 0.504 e. The Morgan fingerprint density at radius 1 is 0.745 bits per heavy atom.